The molecular formula is C20H26FN3OS. The van der Waals surface area contributed by atoms with Gasteiger partial charge >= 0.3 is 0 Å². The minimum Gasteiger partial charge on any atom is -0.351 e. The van der Waals surface area contributed by atoms with Crippen LogP contribution in [0, 0.1) is 5.82 Å². The number of thiophene rings is 1. The van der Waals surface area contributed by atoms with Crippen molar-refractivity contribution >= 4 is 17.2 Å². The molecule has 3 rings (SSSR count). The molecule has 1 aliphatic heterocycles. The summed E-state index contributed by atoms with van der Waals surface area (Å²) >= 11 is 1.74. The third-order valence-corrected chi connectivity index (χ3v) is 5.85. The summed E-state index contributed by atoms with van der Waals surface area (Å²) in [6.07, 6.45) is 0.268. The van der Waals surface area contributed by atoms with Crippen LogP contribution < -0.4 is 5.32 Å². The zero-order valence-electron chi connectivity index (χ0n) is 15.3. The number of likely N-dealkylation sites (N-methyl/N-ethyl adjacent to an activating group) is 1. The van der Waals surface area contributed by atoms with E-state index in [-0.39, 0.29) is 30.2 Å². The van der Waals surface area contributed by atoms with Crippen molar-refractivity contribution in [2.45, 2.75) is 25.4 Å². The second-order valence-electron chi connectivity index (χ2n) is 6.96. The number of amides is 1. The molecule has 0 spiro atoms. The molecule has 2 atom stereocenters. The number of halogens is 1. The zero-order valence-corrected chi connectivity index (χ0v) is 16.1. The van der Waals surface area contributed by atoms with Gasteiger partial charge in [-0.1, -0.05) is 18.2 Å². The molecule has 1 amide bonds. The molecule has 1 N–H and O–H groups in total. The largest absolute Gasteiger partial charge is 0.351 e. The number of hydrogen-bond acceptors (Lipinski definition) is 4. The summed E-state index contributed by atoms with van der Waals surface area (Å²) in [7, 11) is 2.14. The van der Waals surface area contributed by atoms with E-state index in [2.05, 4.69) is 46.6 Å². The molecule has 140 valence electrons. The molecule has 0 unspecified atom stereocenters. The highest BCUT2D eigenvalue weighted by molar-refractivity contribution is 7.10. The summed E-state index contributed by atoms with van der Waals surface area (Å²) in [5.41, 5.74) is 0.823. The van der Waals surface area contributed by atoms with Crippen LogP contribution in [0.3, 0.4) is 0 Å². The van der Waals surface area contributed by atoms with Crippen LogP contribution in [0.5, 0.6) is 0 Å². The Morgan fingerprint density at radius 3 is 2.50 bits per heavy atom. The van der Waals surface area contributed by atoms with Crippen LogP contribution in [0.15, 0.2) is 41.8 Å². The molecule has 6 heteroatoms. The van der Waals surface area contributed by atoms with Crippen molar-refractivity contribution in [2.75, 3.05) is 33.2 Å². The molecule has 2 heterocycles. The molecule has 0 bridgehead atoms. The monoisotopic (exact) mass is 375 g/mol. The zero-order chi connectivity index (χ0) is 18.5. The van der Waals surface area contributed by atoms with Gasteiger partial charge in [0.2, 0.25) is 5.91 Å². The summed E-state index contributed by atoms with van der Waals surface area (Å²) in [6.45, 7) is 6.15. The smallest absolute Gasteiger partial charge is 0.224 e. The van der Waals surface area contributed by atoms with Crippen LogP contribution in [-0.2, 0) is 11.2 Å². The Morgan fingerprint density at radius 1 is 1.19 bits per heavy atom. The van der Waals surface area contributed by atoms with E-state index >= 15 is 0 Å². The van der Waals surface area contributed by atoms with Crippen molar-refractivity contribution < 1.29 is 9.18 Å². The van der Waals surface area contributed by atoms with Gasteiger partial charge in [-0.05, 0) is 43.1 Å². The fourth-order valence-electron chi connectivity index (χ4n) is 3.47. The standard InChI is InChI=1S/C20H26FN3OS/c1-15(22-19(25)14-16-5-7-17(21)8-6-16)20(18-4-3-13-26-18)24-11-9-23(2)10-12-24/h3-8,13,15,20H,9-12,14H2,1-2H3,(H,22,25)/t15-,20-/m1/s1. The van der Waals surface area contributed by atoms with E-state index < -0.39 is 0 Å². The Kier molecular flexibility index (Phi) is 6.40. The third kappa shape index (κ3) is 4.90. The molecule has 0 saturated carbocycles. The van der Waals surface area contributed by atoms with Crippen molar-refractivity contribution in [3.8, 4) is 0 Å². The Balaban J connectivity index is 1.66. The maximum Gasteiger partial charge on any atom is 0.224 e. The minimum absolute atomic E-state index is 0.00463. The summed E-state index contributed by atoms with van der Waals surface area (Å²) < 4.78 is 13.0. The van der Waals surface area contributed by atoms with Gasteiger partial charge in [0, 0.05) is 37.1 Å². The van der Waals surface area contributed by atoms with Gasteiger partial charge in [0.15, 0.2) is 0 Å². The summed E-state index contributed by atoms with van der Waals surface area (Å²) in [4.78, 5) is 18.6. The van der Waals surface area contributed by atoms with E-state index in [0.717, 1.165) is 31.7 Å². The lowest BCUT2D eigenvalue weighted by Crippen LogP contribution is -2.51. The fourth-order valence-corrected chi connectivity index (χ4v) is 4.44. The van der Waals surface area contributed by atoms with Gasteiger partial charge in [-0.25, -0.2) is 4.39 Å². The van der Waals surface area contributed by atoms with Crippen LogP contribution in [0.4, 0.5) is 4.39 Å². The molecule has 1 saturated heterocycles. The summed E-state index contributed by atoms with van der Waals surface area (Å²) in [5, 5.41) is 5.25. The first-order valence-corrected chi connectivity index (χ1v) is 9.90. The number of hydrogen-bond donors (Lipinski definition) is 1. The topological polar surface area (TPSA) is 35.6 Å². The molecule has 2 aromatic rings. The van der Waals surface area contributed by atoms with Crippen LogP contribution >= 0.6 is 11.3 Å². The van der Waals surface area contributed by atoms with E-state index in [1.165, 1.54) is 17.0 Å². The Morgan fingerprint density at radius 2 is 1.88 bits per heavy atom. The molecule has 0 aliphatic carbocycles. The molecule has 1 aromatic carbocycles. The van der Waals surface area contributed by atoms with E-state index in [1.54, 1.807) is 23.5 Å². The van der Waals surface area contributed by atoms with Crippen LogP contribution in [0.2, 0.25) is 0 Å². The maximum atomic E-state index is 13.0. The normalized spacial score (nSPS) is 18.4. The molecule has 1 aromatic heterocycles. The number of piperazine rings is 1. The number of rotatable bonds is 6. The summed E-state index contributed by atoms with van der Waals surface area (Å²) in [6, 6.07) is 10.5. The van der Waals surface area contributed by atoms with E-state index in [1.807, 2.05) is 0 Å². The average molecular weight is 376 g/mol. The van der Waals surface area contributed by atoms with Crippen LogP contribution in [0.1, 0.15) is 23.4 Å². The number of carbonyl (C=O) groups excluding carboxylic acids is 1. The average Bonchev–Trinajstić information content (AvgIpc) is 3.13. The number of nitrogens with one attached hydrogen (secondary N) is 1. The van der Waals surface area contributed by atoms with Crippen LogP contribution in [0.25, 0.3) is 0 Å². The lowest BCUT2D eigenvalue weighted by Gasteiger charge is -2.40. The lowest BCUT2D eigenvalue weighted by atomic mass is 10.0. The Bertz CT molecular complexity index is 696. The van der Waals surface area contributed by atoms with Gasteiger partial charge in [-0.2, -0.15) is 0 Å². The van der Waals surface area contributed by atoms with Crippen molar-refractivity contribution in [3.05, 3.63) is 58.0 Å². The number of carbonyl (C=O) groups is 1. The molecule has 26 heavy (non-hydrogen) atoms. The highest BCUT2D eigenvalue weighted by Gasteiger charge is 2.30. The molecule has 1 aliphatic rings. The SMILES string of the molecule is C[C@@H](NC(=O)Cc1ccc(F)cc1)[C@H](c1cccs1)N1CCN(C)CC1. The number of benzene rings is 1. The van der Waals surface area contributed by atoms with Gasteiger partial charge in [0.1, 0.15) is 5.82 Å². The molecule has 1 fully saturated rings. The van der Waals surface area contributed by atoms with Gasteiger partial charge < -0.3 is 10.2 Å². The highest BCUT2D eigenvalue weighted by atomic mass is 32.1. The minimum atomic E-state index is -0.282. The van der Waals surface area contributed by atoms with Gasteiger partial charge in [0.05, 0.1) is 12.5 Å². The quantitative estimate of drug-likeness (QED) is 0.843. The molecular weight excluding hydrogens is 349 g/mol. The second kappa shape index (κ2) is 8.75. The fraction of sp³-hybridized carbons (Fsp3) is 0.450. The van der Waals surface area contributed by atoms with Gasteiger partial charge in [-0.3, -0.25) is 9.69 Å². The maximum absolute atomic E-state index is 13.0. The molecule has 4 nitrogen and oxygen atoms in total. The van der Waals surface area contributed by atoms with E-state index in [9.17, 15) is 9.18 Å². The highest BCUT2D eigenvalue weighted by Crippen LogP contribution is 2.29. The molecule has 0 radical (unpaired) electrons. The van der Waals surface area contributed by atoms with E-state index in [0.29, 0.717) is 0 Å². The Hall–Kier alpha value is -1.76. The summed E-state index contributed by atoms with van der Waals surface area (Å²) in [5.74, 6) is -0.310. The van der Waals surface area contributed by atoms with Gasteiger partial charge in [-0.15, -0.1) is 11.3 Å². The second-order valence-corrected chi connectivity index (χ2v) is 7.94. The van der Waals surface area contributed by atoms with Crippen LogP contribution in [-0.4, -0.2) is 55.0 Å². The van der Waals surface area contributed by atoms with Crippen molar-refractivity contribution in [2.24, 2.45) is 0 Å². The van der Waals surface area contributed by atoms with E-state index in [4.69, 9.17) is 0 Å². The lowest BCUT2D eigenvalue weighted by molar-refractivity contribution is -0.121. The number of nitrogens with zero attached hydrogens (tertiary/aromatic N) is 2. The predicted octanol–water partition coefficient (Wildman–Crippen LogP) is 2.92. The van der Waals surface area contributed by atoms with Crippen molar-refractivity contribution in [1.82, 2.24) is 15.1 Å². The third-order valence-electron chi connectivity index (χ3n) is 4.91. The first-order chi connectivity index (χ1) is 12.5. The first-order valence-electron chi connectivity index (χ1n) is 9.03. The first kappa shape index (κ1) is 19.0. The van der Waals surface area contributed by atoms with Crippen molar-refractivity contribution in [3.63, 3.8) is 0 Å². The predicted molar refractivity (Wildman–Crippen MR) is 104 cm³/mol. The van der Waals surface area contributed by atoms with Gasteiger partial charge in [0.25, 0.3) is 0 Å². The van der Waals surface area contributed by atoms with Crippen molar-refractivity contribution in [1.29, 1.82) is 0 Å². The Labute approximate surface area is 158 Å².